The summed E-state index contributed by atoms with van der Waals surface area (Å²) in [6.45, 7) is 7.16. The maximum atomic E-state index is 13.5. The normalized spacial score (nSPS) is 15.4. The molecule has 3 nitrogen and oxygen atoms in total. The Labute approximate surface area is 177 Å². The van der Waals surface area contributed by atoms with E-state index in [0.717, 1.165) is 49.3 Å². The number of carbonyl (C=O) groups excluding carboxylic acids is 1. The summed E-state index contributed by atoms with van der Waals surface area (Å²) in [5.41, 5.74) is 5.48. The Morgan fingerprint density at radius 2 is 1.79 bits per heavy atom. The van der Waals surface area contributed by atoms with Crippen LogP contribution in [0, 0.1) is 13.8 Å². The van der Waals surface area contributed by atoms with E-state index in [-0.39, 0.29) is 11.9 Å². The lowest BCUT2D eigenvalue weighted by molar-refractivity contribution is 0.0958. The summed E-state index contributed by atoms with van der Waals surface area (Å²) in [6.07, 6.45) is 1.99. The number of hydrogen-bond acceptors (Lipinski definition) is 3. The smallest absolute Gasteiger partial charge is 0.258 e. The summed E-state index contributed by atoms with van der Waals surface area (Å²) in [5.74, 6) is 0.105. The number of nitrogens with zero attached hydrogens (tertiary/aromatic N) is 2. The van der Waals surface area contributed by atoms with E-state index in [1.165, 1.54) is 11.1 Å². The molecule has 0 radical (unpaired) electrons. The minimum atomic E-state index is 0.105. The van der Waals surface area contributed by atoms with Gasteiger partial charge in [-0.1, -0.05) is 35.4 Å². The lowest BCUT2D eigenvalue weighted by Crippen LogP contribution is -2.47. The van der Waals surface area contributed by atoms with Crippen LogP contribution in [-0.4, -0.2) is 29.9 Å². The number of piperidine rings is 1. The van der Waals surface area contributed by atoms with Gasteiger partial charge in [0.05, 0.1) is 0 Å². The van der Waals surface area contributed by atoms with Crippen molar-refractivity contribution in [3.05, 3.63) is 87.6 Å². The number of carbonyl (C=O) groups is 1. The molecule has 0 bridgehead atoms. The van der Waals surface area contributed by atoms with E-state index >= 15 is 0 Å². The molecule has 150 valence electrons. The zero-order valence-corrected chi connectivity index (χ0v) is 18.0. The number of rotatable bonds is 5. The van der Waals surface area contributed by atoms with Crippen LogP contribution in [0.4, 0.5) is 5.69 Å². The highest BCUT2D eigenvalue weighted by Crippen LogP contribution is 2.27. The van der Waals surface area contributed by atoms with Gasteiger partial charge in [-0.15, -0.1) is 0 Å². The van der Waals surface area contributed by atoms with Crippen molar-refractivity contribution in [2.45, 2.75) is 39.3 Å². The minimum Gasteiger partial charge on any atom is -0.305 e. The molecule has 2 aromatic carbocycles. The van der Waals surface area contributed by atoms with Gasteiger partial charge in [0.25, 0.3) is 5.91 Å². The van der Waals surface area contributed by atoms with E-state index < -0.39 is 0 Å². The number of anilines is 1. The molecule has 0 N–H and O–H groups in total. The van der Waals surface area contributed by atoms with Crippen LogP contribution in [0.25, 0.3) is 0 Å². The third-order valence-electron chi connectivity index (χ3n) is 5.70. The molecule has 1 saturated heterocycles. The maximum absolute atomic E-state index is 13.5. The Morgan fingerprint density at radius 1 is 1.03 bits per heavy atom. The van der Waals surface area contributed by atoms with Gasteiger partial charge in [0.2, 0.25) is 0 Å². The first kappa shape index (κ1) is 19.9. The fourth-order valence-corrected chi connectivity index (χ4v) is 4.75. The topological polar surface area (TPSA) is 23.6 Å². The van der Waals surface area contributed by atoms with Crippen LogP contribution in [0.3, 0.4) is 0 Å². The molecule has 4 heteroatoms. The second kappa shape index (κ2) is 8.93. The molecule has 29 heavy (non-hydrogen) atoms. The summed E-state index contributed by atoms with van der Waals surface area (Å²) in [7, 11) is 0. The maximum Gasteiger partial charge on any atom is 0.258 e. The molecule has 0 spiro atoms. The van der Waals surface area contributed by atoms with Crippen LogP contribution >= 0.6 is 11.3 Å². The standard InChI is InChI=1S/C25H28N2OS/c1-19-6-8-23(9-7-19)27(25(28)22-5-3-4-20(2)16-22)24-10-13-26(14-11-24)17-21-12-15-29-18-21/h3-9,12,15-16,18,24H,10-11,13-14,17H2,1-2H3. The monoisotopic (exact) mass is 404 g/mol. The van der Waals surface area contributed by atoms with Gasteiger partial charge < -0.3 is 4.90 Å². The lowest BCUT2D eigenvalue weighted by Gasteiger charge is -2.38. The number of hydrogen-bond donors (Lipinski definition) is 0. The van der Waals surface area contributed by atoms with Crippen LogP contribution in [0.2, 0.25) is 0 Å². The zero-order chi connectivity index (χ0) is 20.2. The van der Waals surface area contributed by atoms with Gasteiger partial charge >= 0.3 is 0 Å². The van der Waals surface area contributed by atoms with Gasteiger partial charge in [0.1, 0.15) is 0 Å². The SMILES string of the molecule is Cc1ccc(N(C(=O)c2cccc(C)c2)C2CCN(Cc3ccsc3)CC2)cc1. The first-order chi connectivity index (χ1) is 14.1. The third-order valence-corrected chi connectivity index (χ3v) is 6.44. The largest absolute Gasteiger partial charge is 0.305 e. The second-order valence-corrected chi connectivity index (χ2v) is 8.80. The molecule has 0 aliphatic carbocycles. The average Bonchev–Trinajstić information content (AvgIpc) is 3.24. The van der Waals surface area contributed by atoms with Gasteiger partial charge in [-0.2, -0.15) is 11.3 Å². The number of likely N-dealkylation sites (tertiary alicyclic amines) is 1. The van der Waals surface area contributed by atoms with Gasteiger partial charge in [0.15, 0.2) is 0 Å². The molecule has 0 unspecified atom stereocenters. The van der Waals surface area contributed by atoms with E-state index in [4.69, 9.17) is 0 Å². The number of benzene rings is 2. The van der Waals surface area contributed by atoms with E-state index in [9.17, 15) is 4.79 Å². The Morgan fingerprint density at radius 3 is 2.45 bits per heavy atom. The van der Waals surface area contributed by atoms with Crippen molar-refractivity contribution in [1.82, 2.24) is 4.90 Å². The van der Waals surface area contributed by atoms with E-state index in [0.29, 0.717) is 0 Å². The second-order valence-electron chi connectivity index (χ2n) is 8.02. The van der Waals surface area contributed by atoms with E-state index in [2.05, 4.69) is 52.9 Å². The minimum absolute atomic E-state index is 0.105. The van der Waals surface area contributed by atoms with Crippen molar-refractivity contribution >= 4 is 22.9 Å². The van der Waals surface area contributed by atoms with Gasteiger partial charge in [-0.3, -0.25) is 9.69 Å². The van der Waals surface area contributed by atoms with Crippen LogP contribution in [-0.2, 0) is 6.54 Å². The van der Waals surface area contributed by atoms with E-state index in [1.54, 1.807) is 11.3 Å². The first-order valence-electron chi connectivity index (χ1n) is 10.3. The number of amides is 1. The van der Waals surface area contributed by atoms with Crippen LogP contribution in [0.15, 0.2) is 65.4 Å². The molecule has 1 amide bonds. The summed E-state index contributed by atoms with van der Waals surface area (Å²) < 4.78 is 0. The highest BCUT2D eigenvalue weighted by molar-refractivity contribution is 7.07. The first-order valence-corrected chi connectivity index (χ1v) is 11.2. The molecule has 1 aliphatic rings. The van der Waals surface area contributed by atoms with Crippen LogP contribution in [0.5, 0.6) is 0 Å². The molecular weight excluding hydrogens is 376 g/mol. The number of thiophene rings is 1. The van der Waals surface area contributed by atoms with Gasteiger partial charge in [-0.05, 0) is 73.3 Å². The fraction of sp³-hybridized carbons (Fsp3) is 0.320. The fourth-order valence-electron chi connectivity index (χ4n) is 4.09. The summed E-state index contributed by atoms with van der Waals surface area (Å²) in [4.78, 5) is 18.1. The quantitative estimate of drug-likeness (QED) is 0.546. The Bertz CT molecular complexity index is 941. The predicted octanol–water partition coefficient (Wildman–Crippen LogP) is 5.68. The summed E-state index contributed by atoms with van der Waals surface area (Å²) in [6, 6.07) is 18.7. The Balaban J connectivity index is 1.54. The highest BCUT2D eigenvalue weighted by Gasteiger charge is 2.30. The van der Waals surface area contributed by atoms with Gasteiger partial charge in [0, 0.05) is 36.9 Å². The Hall–Kier alpha value is -2.43. The Kier molecular flexibility index (Phi) is 6.12. The molecule has 0 atom stereocenters. The van der Waals surface area contributed by atoms with Crippen molar-refractivity contribution in [3.63, 3.8) is 0 Å². The molecule has 0 saturated carbocycles. The van der Waals surface area contributed by atoms with Gasteiger partial charge in [-0.25, -0.2) is 0 Å². The molecule has 3 aromatic rings. The molecule has 1 fully saturated rings. The lowest BCUT2D eigenvalue weighted by atomic mass is 9.99. The van der Waals surface area contributed by atoms with Crippen molar-refractivity contribution < 1.29 is 4.79 Å². The molecule has 2 heterocycles. The van der Waals surface area contributed by atoms with E-state index in [1.807, 2.05) is 36.1 Å². The van der Waals surface area contributed by atoms with Crippen LogP contribution < -0.4 is 4.90 Å². The molecule has 1 aliphatic heterocycles. The van der Waals surface area contributed by atoms with Crippen molar-refractivity contribution in [1.29, 1.82) is 0 Å². The zero-order valence-electron chi connectivity index (χ0n) is 17.2. The highest BCUT2D eigenvalue weighted by atomic mass is 32.1. The van der Waals surface area contributed by atoms with Crippen LogP contribution in [0.1, 0.15) is 39.9 Å². The molecule has 4 rings (SSSR count). The third kappa shape index (κ3) is 4.77. The molecule has 1 aromatic heterocycles. The summed E-state index contributed by atoms with van der Waals surface area (Å²) >= 11 is 1.76. The van der Waals surface area contributed by atoms with Crippen molar-refractivity contribution in [3.8, 4) is 0 Å². The molecular formula is C25H28N2OS. The number of aryl methyl sites for hydroxylation is 2. The summed E-state index contributed by atoms with van der Waals surface area (Å²) in [5, 5.41) is 4.37. The van der Waals surface area contributed by atoms with Crippen molar-refractivity contribution in [2.24, 2.45) is 0 Å². The average molecular weight is 405 g/mol. The predicted molar refractivity (Wildman–Crippen MR) is 122 cm³/mol. The van der Waals surface area contributed by atoms with Crippen molar-refractivity contribution in [2.75, 3.05) is 18.0 Å².